The predicted octanol–water partition coefficient (Wildman–Crippen LogP) is 3.84. The number of fused-ring (bicyclic) bond motifs is 2. The van der Waals surface area contributed by atoms with Gasteiger partial charge in [-0.25, -0.2) is 8.42 Å². The molecule has 2 fully saturated rings. The van der Waals surface area contributed by atoms with Gasteiger partial charge in [-0.2, -0.15) is 0 Å². The Morgan fingerprint density at radius 3 is 2.67 bits per heavy atom. The van der Waals surface area contributed by atoms with Crippen molar-refractivity contribution in [1.29, 1.82) is 0 Å². The molecule has 2 saturated heterocycles. The molecule has 4 heterocycles. The van der Waals surface area contributed by atoms with Crippen LogP contribution in [0, 0.1) is 5.92 Å². The standard InChI is InChI=1S/C25H28ClN3O3S/c26-20-3-4-21-22(15-20)33(31,32)16-19-2-1-9-28-25(19)24(21)18-7-12-29(13-8-18)23(30)14-17-5-10-27-11-6-17/h1-4,9,15,17,27H,5-8,10-14,16H2. The molecule has 5 rings (SSSR count). The third-order valence-electron chi connectivity index (χ3n) is 7.02. The van der Waals surface area contributed by atoms with Crippen molar-refractivity contribution in [2.45, 2.75) is 42.8 Å². The zero-order valence-electron chi connectivity index (χ0n) is 18.5. The van der Waals surface area contributed by atoms with E-state index in [2.05, 4.69) is 10.3 Å². The maximum Gasteiger partial charge on any atom is 0.222 e. The van der Waals surface area contributed by atoms with E-state index in [4.69, 9.17) is 11.6 Å². The van der Waals surface area contributed by atoms with Gasteiger partial charge >= 0.3 is 0 Å². The Hall–Kier alpha value is -2.22. The first-order valence-corrected chi connectivity index (χ1v) is 13.6. The third-order valence-corrected chi connectivity index (χ3v) is 8.95. The third kappa shape index (κ3) is 4.59. The highest BCUT2D eigenvalue weighted by molar-refractivity contribution is 7.90. The van der Waals surface area contributed by atoms with Crippen LogP contribution in [0.25, 0.3) is 5.57 Å². The molecular weight excluding hydrogens is 458 g/mol. The first kappa shape index (κ1) is 22.6. The summed E-state index contributed by atoms with van der Waals surface area (Å²) in [5.74, 6) is 0.611. The summed E-state index contributed by atoms with van der Waals surface area (Å²) < 4.78 is 26.4. The van der Waals surface area contributed by atoms with Crippen LogP contribution in [0.4, 0.5) is 0 Å². The normalized spacial score (nSPS) is 20.7. The SMILES string of the molecule is O=C(CC1CCNCC1)N1CCC(=C2c3ccc(Cl)cc3S(=O)(=O)Cc3cccnc32)CC1. The maximum absolute atomic E-state index is 13.2. The molecular formula is C25H28ClN3O3S. The van der Waals surface area contributed by atoms with Gasteiger partial charge in [0, 0.05) is 41.9 Å². The van der Waals surface area contributed by atoms with Gasteiger partial charge in [-0.05, 0) is 68.5 Å². The number of rotatable bonds is 2. The number of hydrogen-bond acceptors (Lipinski definition) is 5. The first-order chi connectivity index (χ1) is 15.9. The fourth-order valence-corrected chi connectivity index (χ4v) is 7.09. The second-order valence-corrected chi connectivity index (χ2v) is 11.6. The number of amides is 1. The number of aromatic nitrogens is 1. The summed E-state index contributed by atoms with van der Waals surface area (Å²) in [6.45, 7) is 3.29. The van der Waals surface area contributed by atoms with Gasteiger partial charge in [-0.15, -0.1) is 0 Å². The van der Waals surface area contributed by atoms with Gasteiger partial charge in [-0.3, -0.25) is 9.78 Å². The van der Waals surface area contributed by atoms with E-state index in [1.807, 2.05) is 11.0 Å². The van der Waals surface area contributed by atoms with Crippen molar-refractivity contribution in [3.63, 3.8) is 0 Å². The van der Waals surface area contributed by atoms with E-state index in [1.54, 1.807) is 30.5 Å². The van der Waals surface area contributed by atoms with Gasteiger partial charge in [0.15, 0.2) is 9.84 Å². The summed E-state index contributed by atoms with van der Waals surface area (Å²) in [6.07, 6.45) is 5.88. The molecule has 6 nitrogen and oxygen atoms in total. The van der Waals surface area contributed by atoms with Crippen LogP contribution in [0.3, 0.4) is 0 Å². The van der Waals surface area contributed by atoms with Crippen molar-refractivity contribution in [3.8, 4) is 0 Å². The van der Waals surface area contributed by atoms with Crippen molar-refractivity contribution in [2.24, 2.45) is 5.92 Å². The number of carbonyl (C=O) groups excluding carboxylic acids is 1. The average Bonchev–Trinajstić information content (AvgIpc) is 2.91. The number of likely N-dealkylation sites (tertiary alicyclic amines) is 1. The minimum atomic E-state index is -3.55. The summed E-state index contributed by atoms with van der Waals surface area (Å²) in [7, 11) is -3.55. The molecule has 0 atom stereocenters. The molecule has 1 aromatic heterocycles. The number of hydrogen-bond donors (Lipinski definition) is 1. The molecule has 3 aliphatic rings. The molecule has 174 valence electrons. The highest BCUT2D eigenvalue weighted by atomic mass is 35.5. The summed E-state index contributed by atoms with van der Waals surface area (Å²) in [5, 5.41) is 3.75. The van der Waals surface area contributed by atoms with Crippen LogP contribution in [-0.4, -0.2) is 50.4 Å². The number of piperidine rings is 2. The van der Waals surface area contributed by atoms with Gasteiger partial charge < -0.3 is 10.2 Å². The van der Waals surface area contributed by atoms with E-state index in [1.165, 1.54) is 0 Å². The smallest absolute Gasteiger partial charge is 0.222 e. The van der Waals surface area contributed by atoms with Gasteiger partial charge in [0.2, 0.25) is 5.91 Å². The maximum atomic E-state index is 13.2. The zero-order chi connectivity index (χ0) is 23.0. The molecule has 1 N–H and O–H groups in total. The summed E-state index contributed by atoms with van der Waals surface area (Å²) >= 11 is 6.19. The number of nitrogens with one attached hydrogen (secondary N) is 1. The Labute approximate surface area is 200 Å². The predicted molar refractivity (Wildman–Crippen MR) is 129 cm³/mol. The van der Waals surface area contributed by atoms with Crippen molar-refractivity contribution in [3.05, 3.63) is 63.9 Å². The number of carbonyl (C=O) groups is 1. The second kappa shape index (κ2) is 9.20. The Bertz CT molecular complexity index is 1210. The summed E-state index contributed by atoms with van der Waals surface area (Å²) in [4.78, 5) is 19.8. The topological polar surface area (TPSA) is 79.4 Å². The van der Waals surface area contributed by atoms with Crippen molar-refractivity contribution in [2.75, 3.05) is 26.2 Å². The highest BCUT2D eigenvalue weighted by Gasteiger charge is 2.32. The van der Waals surface area contributed by atoms with Crippen LogP contribution < -0.4 is 5.32 Å². The van der Waals surface area contributed by atoms with Crippen LogP contribution >= 0.6 is 11.6 Å². The number of nitrogens with zero attached hydrogens (tertiary/aromatic N) is 2. The van der Waals surface area contributed by atoms with Crippen LogP contribution in [-0.2, 0) is 20.4 Å². The molecule has 33 heavy (non-hydrogen) atoms. The molecule has 1 amide bonds. The highest BCUT2D eigenvalue weighted by Crippen LogP contribution is 2.41. The fourth-order valence-electron chi connectivity index (χ4n) is 5.25. The Kier molecular flexibility index (Phi) is 6.29. The van der Waals surface area contributed by atoms with E-state index in [0.29, 0.717) is 54.4 Å². The van der Waals surface area contributed by atoms with E-state index in [-0.39, 0.29) is 16.6 Å². The van der Waals surface area contributed by atoms with E-state index >= 15 is 0 Å². The monoisotopic (exact) mass is 485 g/mol. The summed E-state index contributed by atoms with van der Waals surface area (Å²) in [5.41, 5.74) is 4.15. The van der Waals surface area contributed by atoms with Crippen LogP contribution in [0.2, 0.25) is 5.02 Å². The molecule has 0 unspecified atom stereocenters. The largest absolute Gasteiger partial charge is 0.342 e. The van der Waals surface area contributed by atoms with E-state index in [9.17, 15) is 13.2 Å². The zero-order valence-corrected chi connectivity index (χ0v) is 20.1. The molecule has 2 aromatic rings. The van der Waals surface area contributed by atoms with Gasteiger partial charge in [0.25, 0.3) is 0 Å². The van der Waals surface area contributed by atoms with Crippen molar-refractivity contribution < 1.29 is 13.2 Å². The lowest BCUT2D eigenvalue weighted by Gasteiger charge is -2.32. The molecule has 0 radical (unpaired) electrons. The minimum Gasteiger partial charge on any atom is -0.342 e. The molecule has 3 aliphatic heterocycles. The lowest BCUT2D eigenvalue weighted by Crippen LogP contribution is -2.39. The molecule has 0 bridgehead atoms. The lowest BCUT2D eigenvalue weighted by molar-refractivity contribution is -0.132. The van der Waals surface area contributed by atoms with Crippen molar-refractivity contribution >= 4 is 32.9 Å². The number of halogens is 1. The summed E-state index contributed by atoms with van der Waals surface area (Å²) in [6, 6.07) is 8.71. The van der Waals surface area contributed by atoms with Gasteiger partial charge in [-0.1, -0.05) is 29.3 Å². The van der Waals surface area contributed by atoms with Gasteiger partial charge in [0.05, 0.1) is 16.3 Å². The quantitative estimate of drug-likeness (QED) is 0.699. The number of pyridine rings is 1. The van der Waals surface area contributed by atoms with Crippen LogP contribution in [0.1, 0.15) is 48.9 Å². The van der Waals surface area contributed by atoms with Gasteiger partial charge in [0.1, 0.15) is 0 Å². The Morgan fingerprint density at radius 1 is 1.15 bits per heavy atom. The Morgan fingerprint density at radius 2 is 1.91 bits per heavy atom. The molecule has 0 spiro atoms. The van der Waals surface area contributed by atoms with E-state index < -0.39 is 9.84 Å². The van der Waals surface area contributed by atoms with E-state index in [0.717, 1.165) is 42.8 Å². The fraction of sp³-hybridized carbons (Fsp3) is 0.440. The van der Waals surface area contributed by atoms with Crippen LogP contribution in [0.5, 0.6) is 0 Å². The molecule has 0 saturated carbocycles. The molecule has 1 aromatic carbocycles. The number of sulfone groups is 1. The lowest BCUT2D eigenvalue weighted by atomic mass is 9.88. The first-order valence-electron chi connectivity index (χ1n) is 11.6. The molecule has 8 heteroatoms. The van der Waals surface area contributed by atoms with Crippen molar-refractivity contribution in [1.82, 2.24) is 15.2 Å². The Balaban J connectivity index is 1.47. The minimum absolute atomic E-state index is 0.0961. The van der Waals surface area contributed by atoms with Crippen LogP contribution in [0.15, 0.2) is 47.0 Å². The number of benzene rings is 1. The molecule has 0 aliphatic carbocycles. The average molecular weight is 486 g/mol. The second-order valence-electron chi connectivity index (χ2n) is 9.17.